The fourth-order valence-corrected chi connectivity index (χ4v) is 3.87. The van der Waals surface area contributed by atoms with E-state index in [1.54, 1.807) is 29.2 Å². The van der Waals surface area contributed by atoms with Gasteiger partial charge in [0.25, 0.3) is 5.91 Å². The Bertz CT molecular complexity index is 815. The summed E-state index contributed by atoms with van der Waals surface area (Å²) in [6.07, 6.45) is 2.68. The molecule has 3 rings (SSSR count). The second-order valence-electron chi connectivity index (χ2n) is 7.06. The van der Waals surface area contributed by atoms with E-state index >= 15 is 0 Å². The zero-order valence-corrected chi connectivity index (χ0v) is 17.8. The lowest BCUT2D eigenvalue weighted by Crippen LogP contribution is -2.37. The maximum atomic E-state index is 13.3. The van der Waals surface area contributed by atoms with E-state index < -0.39 is 0 Å². The Hall–Kier alpha value is -1.82. The van der Waals surface area contributed by atoms with Crippen molar-refractivity contribution >= 4 is 29.1 Å². The number of benzene rings is 2. The predicted molar refractivity (Wildman–Crippen MR) is 112 cm³/mol. The molecule has 1 saturated heterocycles. The van der Waals surface area contributed by atoms with E-state index in [0.29, 0.717) is 47.7 Å². The van der Waals surface area contributed by atoms with E-state index in [4.69, 9.17) is 32.7 Å². The molecule has 0 N–H and O–H groups in total. The Morgan fingerprint density at radius 2 is 1.93 bits per heavy atom. The van der Waals surface area contributed by atoms with Gasteiger partial charge in [-0.25, -0.2) is 4.39 Å². The first-order chi connectivity index (χ1) is 14.0. The van der Waals surface area contributed by atoms with Gasteiger partial charge < -0.3 is 14.4 Å². The number of nitrogens with zero attached hydrogens (tertiary/aromatic N) is 1. The molecule has 1 aliphatic rings. The highest BCUT2D eigenvalue weighted by molar-refractivity contribution is 6.37. The van der Waals surface area contributed by atoms with Crippen molar-refractivity contribution in [1.29, 1.82) is 0 Å². The van der Waals surface area contributed by atoms with Gasteiger partial charge in [0.1, 0.15) is 5.82 Å². The summed E-state index contributed by atoms with van der Waals surface area (Å²) in [6.45, 7) is 3.95. The van der Waals surface area contributed by atoms with Gasteiger partial charge in [-0.15, -0.1) is 0 Å². The molecule has 1 fully saturated rings. The van der Waals surface area contributed by atoms with Crippen LogP contribution in [0.4, 0.5) is 4.39 Å². The molecule has 4 nitrogen and oxygen atoms in total. The fourth-order valence-electron chi connectivity index (χ4n) is 3.27. The van der Waals surface area contributed by atoms with Crippen molar-refractivity contribution in [3.63, 3.8) is 0 Å². The molecule has 156 valence electrons. The van der Waals surface area contributed by atoms with Gasteiger partial charge in [-0.1, -0.05) is 42.3 Å². The third kappa shape index (κ3) is 5.84. The molecule has 29 heavy (non-hydrogen) atoms. The van der Waals surface area contributed by atoms with Crippen LogP contribution in [-0.4, -0.2) is 36.7 Å². The minimum atomic E-state index is -0.313. The summed E-state index contributed by atoms with van der Waals surface area (Å²) >= 11 is 12.6. The van der Waals surface area contributed by atoms with Gasteiger partial charge in [0.05, 0.1) is 22.8 Å². The second kappa shape index (κ2) is 10.3. The van der Waals surface area contributed by atoms with Crippen LogP contribution in [0.3, 0.4) is 0 Å². The van der Waals surface area contributed by atoms with Crippen LogP contribution in [0.2, 0.25) is 10.0 Å². The second-order valence-corrected chi connectivity index (χ2v) is 7.88. The number of carbonyl (C=O) groups is 1. The standard InChI is InChI=1S/C22H24Cl2FNO3/c1-2-9-29-21-19(23)11-16(12-20(21)24)22(27)26(14-18-4-3-10-28-18)13-15-5-7-17(25)8-6-15/h5-8,11-12,18H,2-4,9-10,13-14H2,1H3. The molecule has 0 saturated carbocycles. The van der Waals surface area contributed by atoms with Gasteiger partial charge in [0.15, 0.2) is 5.75 Å². The average Bonchev–Trinajstić information content (AvgIpc) is 3.21. The number of amides is 1. The molecule has 1 aliphatic heterocycles. The molecule has 1 atom stereocenters. The quantitative estimate of drug-likeness (QED) is 0.525. The van der Waals surface area contributed by atoms with Crippen LogP contribution >= 0.6 is 23.2 Å². The van der Waals surface area contributed by atoms with Gasteiger partial charge in [0, 0.05) is 25.3 Å². The first-order valence-corrected chi connectivity index (χ1v) is 10.5. The lowest BCUT2D eigenvalue weighted by Gasteiger charge is -2.26. The molecular formula is C22H24Cl2FNO3. The van der Waals surface area contributed by atoms with Crippen molar-refractivity contribution in [2.75, 3.05) is 19.8 Å². The minimum Gasteiger partial charge on any atom is -0.490 e. The molecule has 1 amide bonds. The predicted octanol–water partition coefficient (Wildman–Crippen LogP) is 5.74. The fraction of sp³-hybridized carbons (Fsp3) is 0.409. The first-order valence-electron chi connectivity index (χ1n) is 9.75. The molecule has 0 bridgehead atoms. The Kier molecular flexibility index (Phi) is 7.76. The van der Waals surface area contributed by atoms with Crippen molar-refractivity contribution in [3.05, 3.63) is 63.4 Å². The third-order valence-corrected chi connectivity index (χ3v) is 5.28. The Balaban J connectivity index is 1.83. The summed E-state index contributed by atoms with van der Waals surface area (Å²) in [5.41, 5.74) is 1.21. The number of ether oxygens (including phenoxy) is 2. The molecule has 0 aromatic heterocycles. The maximum Gasteiger partial charge on any atom is 0.254 e. The molecule has 2 aromatic rings. The summed E-state index contributed by atoms with van der Waals surface area (Å²) in [5.74, 6) is -0.140. The zero-order valence-electron chi connectivity index (χ0n) is 16.3. The number of halogens is 3. The highest BCUT2D eigenvalue weighted by Gasteiger charge is 2.25. The van der Waals surface area contributed by atoms with Gasteiger partial charge >= 0.3 is 0 Å². The van der Waals surface area contributed by atoms with Gasteiger partial charge in [-0.2, -0.15) is 0 Å². The van der Waals surface area contributed by atoms with Crippen molar-refractivity contribution in [1.82, 2.24) is 4.90 Å². The molecule has 1 unspecified atom stereocenters. The van der Waals surface area contributed by atoms with Gasteiger partial charge in [-0.3, -0.25) is 4.79 Å². The molecular weight excluding hydrogens is 416 g/mol. The number of rotatable bonds is 8. The van der Waals surface area contributed by atoms with Crippen molar-refractivity contribution < 1.29 is 18.7 Å². The Labute approximate surface area is 180 Å². The monoisotopic (exact) mass is 439 g/mol. The Morgan fingerprint density at radius 1 is 1.24 bits per heavy atom. The van der Waals surface area contributed by atoms with Crippen molar-refractivity contribution in [2.45, 2.75) is 38.8 Å². The summed E-state index contributed by atoms with van der Waals surface area (Å²) in [4.78, 5) is 15.0. The lowest BCUT2D eigenvalue weighted by atomic mass is 10.1. The minimum absolute atomic E-state index is 0.0162. The number of hydrogen-bond donors (Lipinski definition) is 0. The maximum absolute atomic E-state index is 13.3. The molecule has 1 heterocycles. The highest BCUT2D eigenvalue weighted by atomic mass is 35.5. The van der Waals surface area contributed by atoms with Gasteiger partial charge in [0.2, 0.25) is 0 Å². The average molecular weight is 440 g/mol. The van der Waals surface area contributed by atoms with E-state index in [9.17, 15) is 9.18 Å². The van der Waals surface area contributed by atoms with Crippen LogP contribution in [-0.2, 0) is 11.3 Å². The SMILES string of the molecule is CCCOc1c(Cl)cc(C(=O)N(Cc2ccc(F)cc2)CC2CCCO2)cc1Cl. The highest BCUT2D eigenvalue weighted by Crippen LogP contribution is 2.35. The summed E-state index contributed by atoms with van der Waals surface area (Å²) in [5, 5.41) is 0.598. The zero-order chi connectivity index (χ0) is 20.8. The van der Waals surface area contributed by atoms with Crippen LogP contribution in [0.1, 0.15) is 42.1 Å². The topological polar surface area (TPSA) is 38.8 Å². The van der Waals surface area contributed by atoms with Crippen molar-refractivity contribution in [2.24, 2.45) is 0 Å². The van der Waals surface area contributed by atoms with E-state index in [2.05, 4.69) is 0 Å². The first kappa shape index (κ1) is 21.9. The molecule has 2 aromatic carbocycles. The summed E-state index contributed by atoms with van der Waals surface area (Å²) < 4.78 is 24.5. The lowest BCUT2D eigenvalue weighted by molar-refractivity contribution is 0.0507. The van der Waals surface area contributed by atoms with Crippen LogP contribution in [0.5, 0.6) is 5.75 Å². The van der Waals surface area contributed by atoms with Gasteiger partial charge in [-0.05, 0) is 49.1 Å². The van der Waals surface area contributed by atoms with Crippen molar-refractivity contribution in [3.8, 4) is 5.75 Å². The summed E-state index contributed by atoms with van der Waals surface area (Å²) in [7, 11) is 0. The van der Waals surface area contributed by atoms with E-state index in [1.807, 2.05) is 6.92 Å². The normalized spacial score (nSPS) is 16.1. The van der Waals surface area contributed by atoms with E-state index in [0.717, 1.165) is 24.8 Å². The molecule has 7 heteroatoms. The summed E-state index contributed by atoms with van der Waals surface area (Å²) in [6, 6.07) is 9.27. The largest absolute Gasteiger partial charge is 0.490 e. The third-order valence-electron chi connectivity index (χ3n) is 4.72. The molecule has 0 spiro atoms. The van der Waals surface area contributed by atoms with E-state index in [1.165, 1.54) is 12.1 Å². The number of carbonyl (C=O) groups excluding carboxylic acids is 1. The molecule has 0 aliphatic carbocycles. The Morgan fingerprint density at radius 3 is 2.52 bits per heavy atom. The van der Waals surface area contributed by atoms with Crippen LogP contribution in [0.25, 0.3) is 0 Å². The van der Waals surface area contributed by atoms with Crippen LogP contribution in [0, 0.1) is 5.82 Å². The van der Waals surface area contributed by atoms with E-state index in [-0.39, 0.29) is 17.8 Å². The van der Waals surface area contributed by atoms with Crippen LogP contribution in [0.15, 0.2) is 36.4 Å². The van der Waals surface area contributed by atoms with Crippen LogP contribution < -0.4 is 4.74 Å². The smallest absolute Gasteiger partial charge is 0.254 e. The molecule has 0 radical (unpaired) electrons. The number of hydrogen-bond acceptors (Lipinski definition) is 3.